The van der Waals surface area contributed by atoms with Gasteiger partial charge in [-0.3, -0.25) is 0 Å². The number of para-hydroxylation sites is 1. The zero-order valence-electron chi connectivity index (χ0n) is 9.49. The molecule has 3 rings (SSSR count). The molecule has 0 saturated heterocycles. The van der Waals surface area contributed by atoms with Gasteiger partial charge in [0.1, 0.15) is 5.75 Å². The zero-order valence-corrected chi connectivity index (χ0v) is 10.3. The number of ether oxygens (including phenoxy) is 1. The minimum atomic E-state index is -4.67. The van der Waals surface area contributed by atoms with Gasteiger partial charge in [0, 0.05) is 15.9 Å². The van der Waals surface area contributed by atoms with Gasteiger partial charge < -0.3 is 10.1 Å². The fourth-order valence-electron chi connectivity index (χ4n) is 1.82. The quantitative estimate of drug-likeness (QED) is 0.693. The summed E-state index contributed by atoms with van der Waals surface area (Å²) in [4.78, 5) is 1.91. The second-order valence-electron chi connectivity index (χ2n) is 3.93. The Balaban J connectivity index is 1.92. The highest BCUT2D eigenvalue weighted by Crippen LogP contribution is 2.45. The maximum Gasteiger partial charge on any atom is 0.573 e. The first-order chi connectivity index (χ1) is 9.01. The molecule has 2 aromatic carbocycles. The standard InChI is InChI=1S/C13H8F3NOS/c14-13(15,16)18-8-5-6-12-10(7-8)17-9-3-1-2-4-11(9)19-12/h1-7,17H. The summed E-state index contributed by atoms with van der Waals surface area (Å²) >= 11 is 1.51. The van der Waals surface area contributed by atoms with E-state index >= 15 is 0 Å². The topological polar surface area (TPSA) is 21.3 Å². The third-order valence-electron chi connectivity index (χ3n) is 2.56. The van der Waals surface area contributed by atoms with E-state index in [1.165, 1.54) is 23.9 Å². The fourth-order valence-corrected chi connectivity index (χ4v) is 2.78. The van der Waals surface area contributed by atoms with Crippen LogP contribution >= 0.6 is 11.8 Å². The molecule has 0 spiro atoms. The molecule has 1 aliphatic rings. The summed E-state index contributed by atoms with van der Waals surface area (Å²) in [7, 11) is 0. The van der Waals surface area contributed by atoms with Crippen molar-refractivity contribution in [3.63, 3.8) is 0 Å². The van der Waals surface area contributed by atoms with Crippen LogP contribution in [0.15, 0.2) is 52.3 Å². The van der Waals surface area contributed by atoms with Crippen molar-refractivity contribution < 1.29 is 17.9 Å². The van der Waals surface area contributed by atoms with Gasteiger partial charge in [-0.15, -0.1) is 13.2 Å². The zero-order chi connectivity index (χ0) is 13.5. The van der Waals surface area contributed by atoms with Crippen molar-refractivity contribution in [2.45, 2.75) is 16.2 Å². The molecule has 0 amide bonds. The van der Waals surface area contributed by atoms with Crippen LogP contribution in [0.5, 0.6) is 5.75 Å². The summed E-state index contributed by atoms with van der Waals surface area (Å²) < 4.78 is 40.4. The minimum Gasteiger partial charge on any atom is -0.406 e. The molecule has 0 fully saturated rings. The molecule has 0 bridgehead atoms. The maximum absolute atomic E-state index is 12.2. The lowest BCUT2D eigenvalue weighted by Crippen LogP contribution is -2.17. The van der Waals surface area contributed by atoms with Crippen LogP contribution in [0, 0.1) is 0 Å². The minimum absolute atomic E-state index is 0.223. The van der Waals surface area contributed by atoms with Gasteiger partial charge in [0.2, 0.25) is 0 Å². The average molecular weight is 283 g/mol. The van der Waals surface area contributed by atoms with E-state index in [1.54, 1.807) is 6.07 Å². The first kappa shape index (κ1) is 12.2. The Morgan fingerprint density at radius 1 is 0.947 bits per heavy atom. The van der Waals surface area contributed by atoms with E-state index in [1.807, 2.05) is 24.3 Å². The van der Waals surface area contributed by atoms with E-state index in [9.17, 15) is 13.2 Å². The molecular formula is C13H8F3NOS. The van der Waals surface area contributed by atoms with Gasteiger partial charge in [0.25, 0.3) is 0 Å². The van der Waals surface area contributed by atoms with Crippen molar-refractivity contribution in [2.24, 2.45) is 0 Å². The van der Waals surface area contributed by atoms with E-state index in [-0.39, 0.29) is 5.75 Å². The van der Waals surface area contributed by atoms with E-state index < -0.39 is 6.36 Å². The third-order valence-corrected chi connectivity index (χ3v) is 3.71. The molecule has 0 aliphatic carbocycles. The molecule has 6 heteroatoms. The van der Waals surface area contributed by atoms with Gasteiger partial charge in [0.05, 0.1) is 11.4 Å². The molecule has 0 saturated carbocycles. The summed E-state index contributed by atoms with van der Waals surface area (Å²) in [6.45, 7) is 0. The monoisotopic (exact) mass is 283 g/mol. The van der Waals surface area contributed by atoms with Crippen LogP contribution in [0.3, 0.4) is 0 Å². The molecule has 0 unspecified atom stereocenters. The molecule has 98 valence electrons. The first-order valence-electron chi connectivity index (χ1n) is 5.45. The van der Waals surface area contributed by atoms with E-state index in [0.29, 0.717) is 5.69 Å². The summed E-state index contributed by atoms with van der Waals surface area (Å²) in [6.07, 6.45) is -4.67. The van der Waals surface area contributed by atoms with E-state index in [4.69, 9.17) is 0 Å². The smallest absolute Gasteiger partial charge is 0.406 e. The van der Waals surface area contributed by atoms with Gasteiger partial charge in [-0.05, 0) is 24.3 Å². The number of fused-ring (bicyclic) bond motifs is 2. The van der Waals surface area contributed by atoms with Crippen molar-refractivity contribution in [3.8, 4) is 5.75 Å². The van der Waals surface area contributed by atoms with Crippen LogP contribution in [0.1, 0.15) is 0 Å². The van der Waals surface area contributed by atoms with Crippen LogP contribution in [0.2, 0.25) is 0 Å². The largest absolute Gasteiger partial charge is 0.573 e. The van der Waals surface area contributed by atoms with Crippen LogP contribution in [-0.4, -0.2) is 6.36 Å². The van der Waals surface area contributed by atoms with Crippen molar-refractivity contribution >= 4 is 23.1 Å². The Hall–Kier alpha value is -1.82. The molecule has 0 aromatic heterocycles. The lowest BCUT2D eigenvalue weighted by Gasteiger charge is -2.21. The predicted molar refractivity (Wildman–Crippen MR) is 67.0 cm³/mol. The third kappa shape index (κ3) is 2.63. The molecule has 1 heterocycles. The maximum atomic E-state index is 12.2. The van der Waals surface area contributed by atoms with Gasteiger partial charge in [-0.1, -0.05) is 23.9 Å². The Kier molecular flexibility index (Phi) is 2.82. The van der Waals surface area contributed by atoms with Crippen LogP contribution in [0.25, 0.3) is 0 Å². The number of anilines is 2. The summed E-state index contributed by atoms with van der Waals surface area (Å²) in [5, 5.41) is 3.10. The van der Waals surface area contributed by atoms with Gasteiger partial charge in [-0.2, -0.15) is 0 Å². The lowest BCUT2D eigenvalue weighted by molar-refractivity contribution is -0.274. The predicted octanol–water partition coefficient (Wildman–Crippen LogP) is 4.79. The normalized spacial score (nSPS) is 13.2. The van der Waals surface area contributed by atoms with Crippen molar-refractivity contribution in [1.82, 2.24) is 0 Å². The number of halogens is 3. The number of benzene rings is 2. The van der Waals surface area contributed by atoms with Crippen LogP contribution in [-0.2, 0) is 0 Å². The fraction of sp³-hybridized carbons (Fsp3) is 0.0769. The molecule has 1 aliphatic heterocycles. The molecule has 0 radical (unpaired) electrons. The lowest BCUT2D eigenvalue weighted by atomic mass is 10.2. The number of hydrogen-bond acceptors (Lipinski definition) is 3. The highest BCUT2D eigenvalue weighted by atomic mass is 32.2. The SMILES string of the molecule is FC(F)(F)Oc1ccc2c(c1)Nc1ccccc1S2. The van der Waals surface area contributed by atoms with Crippen LogP contribution < -0.4 is 10.1 Å². The molecule has 2 aromatic rings. The second-order valence-corrected chi connectivity index (χ2v) is 5.01. The Bertz CT molecular complexity index is 628. The summed E-state index contributed by atoms with van der Waals surface area (Å²) in [5.41, 5.74) is 1.50. The highest BCUT2D eigenvalue weighted by molar-refractivity contribution is 7.99. The average Bonchev–Trinajstić information content (AvgIpc) is 2.34. The van der Waals surface area contributed by atoms with Crippen molar-refractivity contribution in [1.29, 1.82) is 0 Å². The Morgan fingerprint density at radius 2 is 1.68 bits per heavy atom. The first-order valence-corrected chi connectivity index (χ1v) is 6.27. The molecule has 0 atom stereocenters. The summed E-state index contributed by atoms with van der Waals surface area (Å²) in [6, 6.07) is 11.9. The van der Waals surface area contributed by atoms with E-state index in [0.717, 1.165) is 15.5 Å². The number of nitrogens with one attached hydrogen (secondary N) is 1. The second kappa shape index (κ2) is 4.38. The van der Waals surface area contributed by atoms with E-state index in [2.05, 4.69) is 10.1 Å². The van der Waals surface area contributed by atoms with Crippen molar-refractivity contribution in [3.05, 3.63) is 42.5 Å². The molecule has 1 N–H and O–H groups in total. The number of rotatable bonds is 1. The number of hydrogen-bond donors (Lipinski definition) is 1. The van der Waals surface area contributed by atoms with Gasteiger partial charge in [-0.25, -0.2) is 0 Å². The highest BCUT2D eigenvalue weighted by Gasteiger charge is 2.31. The van der Waals surface area contributed by atoms with Crippen LogP contribution in [0.4, 0.5) is 24.5 Å². The summed E-state index contributed by atoms with van der Waals surface area (Å²) in [5.74, 6) is -0.223. The molecule has 19 heavy (non-hydrogen) atoms. The number of alkyl halides is 3. The van der Waals surface area contributed by atoms with Gasteiger partial charge in [0.15, 0.2) is 0 Å². The van der Waals surface area contributed by atoms with Crippen molar-refractivity contribution in [2.75, 3.05) is 5.32 Å². The molecular weight excluding hydrogens is 275 g/mol. The molecule has 2 nitrogen and oxygen atoms in total. The Morgan fingerprint density at radius 3 is 2.47 bits per heavy atom. The Labute approximate surface area is 111 Å². The van der Waals surface area contributed by atoms with Gasteiger partial charge >= 0.3 is 6.36 Å².